The van der Waals surface area contributed by atoms with E-state index in [2.05, 4.69) is 27.2 Å². The molecule has 1 saturated carbocycles. The van der Waals surface area contributed by atoms with Gasteiger partial charge in [0.1, 0.15) is 23.1 Å². The quantitative estimate of drug-likeness (QED) is 0.660. The molecule has 1 aliphatic carbocycles. The largest absolute Gasteiger partial charge is 0.367 e. The summed E-state index contributed by atoms with van der Waals surface area (Å²) in [7, 11) is 2.08. The van der Waals surface area contributed by atoms with Crippen molar-refractivity contribution in [3.05, 3.63) is 16.8 Å². The van der Waals surface area contributed by atoms with E-state index in [1.807, 2.05) is 4.90 Å². The van der Waals surface area contributed by atoms with Crippen molar-refractivity contribution < 1.29 is 14.3 Å². The highest BCUT2D eigenvalue weighted by atomic mass is 32.1. The van der Waals surface area contributed by atoms with Crippen LogP contribution in [0.2, 0.25) is 0 Å². The number of carbonyl (C=O) groups is 2. The Kier molecular flexibility index (Phi) is 6.49. The summed E-state index contributed by atoms with van der Waals surface area (Å²) < 4.78 is 5.61. The SMILES string of the molecule is CN(CC(=O)N1CCCC1)[C@H]1CC[C@H](Nc2ncnc3sc4c(c23)C[C@H](C(N)=O)OC4)CC1. The lowest BCUT2D eigenvalue weighted by atomic mass is 9.90. The molecule has 0 aromatic carbocycles. The first kappa shape index (κ1) is 22.5. The van der Waals surface area contributed by atoms with Gasteiger partial charge in [-0.2, -0.15) is 0 Å². The molecule has 1 saturated heterocycles. The minimum atomic E-state index is -0.599. The van der Waals surface area contributed by atoms with E-state index in [9.17, 15) is 9.59 Å². The number of hydrogen-bond donors (Lipinski definition) is 2. The number of likely N-dealkylation sites (tertiary alicyclic amines) is 1. The van der Waals surface area contributed by atoms with Crippen molar-refractivity contribution in [1.82, 2.24) is 19.8 Å². The lowest BCUT2D eigenvalue weighted by molar-refractivity contribution is -0.132. The number of fused-ring (bicyclic) bond motifs is 3. The third kappa shape index (κ3) is 4.69. The van der Waals surface area contributed by atoms with Gasteiger partial charge in [-0.15, -0.1) is 11.3 Å². The number of hydrogen-bond acceptors (Lipinski definition) is 8. The van der Waals surface area contributed by atoms with Crippen LogP contribution in [-0.4, -0.2) is 76.5 Å². The molecule has 178 valence electrons. The van der Waals surface area contributed by atoms with Crippen LogP contribution >= 0.6 is 11.3 Å². The molecule has 3 N–H and O–H groups in total. The maximum Gasteiger partial charge on any atom is 0.246 e. The number of ether oxygens (including phenoxy) is 1. The summed E-state index contributed by atoms with van der Waals surface area (Å²) in [5.74, 6) is 0.666. The van der Waals surface area contributed by atoms with E-state index in [1.54, 1.807) is 17.7 Å². The first-order valence-corrected chi connectivity index (χ1v) is 12.7. The molecule has 0 unspecified atom stereocenters. The number of nitrogens with two attached hydrogens (primary N) is 1. The second-order valence-electron chi connectivity index (χ2n) is 9.47. The molecular weight excluding hydrogens is 440 g/mol. The molecule has 2 fully saturated rings. The van der Waals surface area contributed by atoms with Crippen LogP contribution in [0.3, 0.4) is 0 Å². The normalized spacial score (nSPS) is 25.4. The number of primary amides is 1. The van der Waals surface area contributed by atoms with E-state index in [0.29, 0.717) is 31.7 Å². The summed E-state index contributed by atoms with van der Waals surface area (Å²) in [6.07, 6.45) is 7.88. The van der Waals surface area contributed by atoms with Crippen molar-refractivity contribution in [2.24, 2.45) is 5.73 Å². The standard InChI is InChI=1S/C23H32N6O3S/c1-28(11-19(30)29-8-2-3-9-29)15-6-4-14(5-7-15)27-22-20-16-10-17(21(24)31)32-12-18(16)33-23(20)26-13-25-22/h13-15,17H,2-12H2,1H3,(H2,24,31)(H,25,26,27)/t14-,15-,17-/m1/s1. The summed E-state index contributed by atoms with van der Waals surface area (Å²) in [6.45, 7) is 2.72. The zero-order valence-corrected chi connectivity index (χ0v) is 19.9. The van der Waals surface area contributed by atoms with Crippen LogP contribution in [0.1, 0.15) is 49.0 Å². The van der Waals surface area contributed by atoms with Crippen molar-refractivity contribution >= 4 is 39.2 Å². The molecule has 4 heterocycles. The number of thiophene rings is 1. The minimum Gasteiger partial charge on any atom is -0.367 e. The summed E-state index contributed by atoms with van der Waals surface area (Å²) in [5, 5.41) is 4.66. The average molecular weight is 473 g/mol. The summed E-state index contributed by atoms with van der Waals surface area (Å²) in [5.41, 5.74) is 6.58. The molecule has 2 aromatic rings. The third-order valence-electron chi connectivity index (χ3n) is 7.30. The van der Waals surface area contributed by atoms with Gasteiger partial charge in [0.15, 0.2) is 0 Å². The molecule has 1 atom stereocenters. The molecule has 0 bridgehead atoms. The maximum absolute atomic E-state index is 12.5. The van der Waals surface area contributed by atoms with Crippen molar-refractivity contribution in [3.8, 4) is 0 Å². The molecular formula is C23H32N6O3S. The minimum absolute atomic E-state index is 0.263. The molecule has 10 heteroatoms. The molecule has 0 radical (unpaired) electrons. The van der Waals surface area contributed by atoms with Crippen molar-refractivity contribution in [2.45, 2.75) is 69.7 Å². The number of rotatable bonds is 6. The van der Waals surface area contributed by atoms with Gasteiger partial charge in [-0.05, 0) is 51.1 Å². The Morgan fingerprint density at radius 3 is 2.73 bits per heavy atom. The smallest absolute Gasteiger partial charge is 0.246 e. The monoisotopic (exact) mass is 472 g/mol. The summed E-state index contributed by atoms with van der Waals surface area (Å²) in [6, 6.07) is 0.756. The fraction of sp³-hybridized carbons (Fsp3) is 0.652. The maximum atomic E-state index is 12.5. The fourth-order valence-corrected chi connectivity index (χ4v) is 6.44. The van der Waals surface area contributed by atoms with Crippen LogP contribution in [0, 0.1) is 0 Å². The fourth-order valence-electron chi connectivity index (χ4n) is 5.35. The molecule has 2 amide bonds. The second kappa shape index (κ2) is 9.52. The predicted octanol–water partition coefficient (Wildman–Crippen LogP) is 1.90. The number of anilines is 1. The molecule has 2 aromatic heterocycles. The van der Waals surface area contributed by atoms with Crippen LogP contribution < -0.4 is 11.1 Å². The molecule has 3 aliphatic rings. The zero-order valence-electron chi connectivity index (χ0n) is 19.1. The van der Waals surface area contributed by atoms with Gasteiger partial charge in [-0.1, -0.05) is 0 Å². The van der Waals surface area contributed by atoms with Gasteiger partial charge in [-0.25, -0.2) is 9.97 Å². The van der Waals surface area contributed by atoms with Crippen LogP contribution in [0.5, 0.6) is 0 Å². The van der Waals surface area contributed by atoms with Crippen LogP contribution in [-0.2, 0) is 27.4 Å². The van der Waals surface area contributed by atoms with Crippen molar-refractivity contribution in [2.75, 3.05) is 32.0 Å². The molecule has 33 heavy (non-hydrogen) atoms. The van der Waals surface area contributed by atoms with Crippen molar-refractivity contribution in [3.63, 3.8) is 0 Å². The predicted molar refractivity (Wildman–Crippen MR) is 127 cm³/mol. The van der Waals surface area contributed by atoms with Crippen LogP contribution in [0.15, 0.2) is 6.33 Å². The van der Waals surface area contributed by atoms with E-state index in [0.717, 1.165) is 78.1 Å². The van der Waals surface area contributed by atoms with E-state index in [4.69, 9.17) is 10.5 Å². The average Bonchev–Trinajstić information content (AvgIpc) is 3.47. The lowest BCUT2D eigenvalue weighted by Gasteiger charge is -2.35. The Morgan fingerprint density at radius 2 is 2.00 bits per heavy atom. The highest BCUT2D eigenvalue weighted by Gasteiger charge is 2.31. The summed E-state index contributed by atoms with van der Waals surface area (Å²) >= 11 is 1.60. The first-order chi connectivity index (χ1) is 16.0. The van der Waals surface area contributed by atoms with Gasteiger partial charge in [0.05, 0.1) is 18.5 Å². The zero-order chi connectivity index (χ0) is 22.9. The van der Waals surface area contributed by atoms with E-state index < -0.39 is 12.0 Å². The van der Waals surface area contributed by atoms with E-state index in [1.165, 1.54) is 0 Å². The molecule has 5 rings (SSSR count). The second-order valence-corrected chi connectivity index (χ2v) is 10.5. The van der Waals surface area contributed by atoms with Gasteiger partial charge in [-0.3, -0.25) is 14.5 Å². The highest BCUT2D eigenvalue weighted by molar-refractivity contribution is 7.18. The molecule has 0 spiro atoms. The number of amides is 2. The summed E-state index contributed by atoms with van der Waals surface area (Å²) in [4.78, 5) is 39.4. The van der Waals surface area contributed by atoms with Gasteiger partial charge in [0.2, 0.25) is 11.8 Å². The number of nitrogens with one attached hydrogen (secondary N) is 1. The number of nitrogens with zero attached hydrogens (tertiary/aromatic N) is 4. The van der Waals surface area contributed by atoms with Gasteiger partial charge < -0.3 is 20.7 Å². The highest BCUT2D eigenvalue weighted by Crippen LogP contribution is 2.38. The lowest BCUT2D eigenvalue weighted by Crippen LogP contribution is -2.44. The topological polar surface area (TPSA) is 114 Å². The van der Waals surface area contributed by atoms with Gasteiger partial charge in [0, 0.05) is 36.5 Å². The third-order valence-corrected chi connectivity index (χ3v) is 8.41. The Hall–Kier alpha value is -2.30. The number of likely N-dealkylation sites (N-methyl/N-ethyl adjacent to an activating group) is 1. The van der Waals surface area contributed by atoms with Gasteiger partial charge in [0.25, 0.3) is 0 Å². The van der Waals surface area contributed by atoms with Crippen LogP contribution in [0.4, 0.5) is 5.82 Å². The van der Waals surface area contributed by atoms with Crippen LogP contribution in [0.25, 0.3) is 10.2 Å². The van der Waals surface area contributed by atoms with E-state index in [-0.39, 0.29) is 5.91 Å². The molecule has 2 aliphatic heterocycles. The molecule has 9 nitrogen and oxygen atoms in total. The van der Waals surface area contributed by atoms with Gasteiger partial charge >= 0.3 is 0 Å². The Balaban J connectivity index is 1.22. The van der Waals surface area contributed by atoms with E-state index >= 15 is 0 Å². The Bertz CT molecular complexity index is 1030. The first-order valence-electron chi connectivity index (χ1n) is 11.9. The Morgan fingerprint density at radius 1 is 1.24 bits per heavy atom. The number of aromatic nitrogens is 2. The number of carbonyl (C=O) groups excluding carboxylic acids is 2. The van der Waals surface area contributed by atoms with Crippen molar-refractivity contribution in [1.29, 1.82) is 0 Å². The Labute approximate surface area is 197 Å².